The van der Waals surface area contributed by atoms with E-state index >= 15 is 0 Å². The third-order valence-corrected chi connectivity index (χ3v) is 6.02. The second-order valence-electron chi connectivity index (χ2n) is 8.91. The molecule has 34 heavy (non-hydrogen) atoms. The number of fused-ring (bicyclic) bond motifs is 1. The third kappa shape index (κ3) is 5.51. The number of amides is 1. The van der Waals surface area contributed by atoms with Crippen LogP contribution in [0.5, 0.6) is 5.75 Å². The summed E-state index contributed by atoms with van der Waals surface area (Å²) in [7, 11) is -3.29. The zero-order valence-corrected chi connectivity index (χ0v) is 20.2. The van der Waals surface area contributed by atoms with Gasteiger partial charge in [0.25, 0.3) is 0 Å². The standard InChI is InChI=1S/C25H27N3O5S/c1-16(2)33-25(29)27-19-8-6-18(7-9-19)24-22(13-26)21-11-10-20(32-15-34(3,30)31)12-23(21)28(24)14-17-4-5-17/h6-12,16-17H,4-5,14-15H2,1-3H3,(H,27,29). The highest BCUT2D eigenvalue weighted by Crippen LogP contribution is 2.39. The van der Waals surface area contributed by atoms with Gasteiger partial charge in [-0.2, -0.15) is 5.26 Å². The number of anilines is 1. The van der Waals surface area contributed by atoms with E-state index < -0.39 is 21.9 Å². The van der Waals surface area contributed by atoms with Gasteiger partial charge in [-0.05, 0) is 62.4 Å². The molecule has 1 fully saturated rings. The fourth-order valence-corrected chi connectivity index (χ4v) is 4.18. The van der Waals surface area contributed by atoms with Crippen molar-refractivity contribution in [1.82, 2.24) is 4.57 Å². The van der Waals surface area contributed by atoms with Crippen molar-refractivity contribution in [3.8, 4) is 23.1 Å². The number of nitrogens with zero attached hydrogens (tertiary/aromatic N) is 2. The van der Waals surface area contributed by atoms with E-state index in [0.717, 1.165) is 47.8 Å². The minimum atomic E-state index is -3.29. The van der Waals surface area contributed by atoms with Crippen molar-refractivity contribution in [2.45, 2.75) is 39.3 Å². The minimum Gasteiger partial charge on any atom is -0.478 e. The van der Waals surface area contributed by atoms with Gasteiger partial charge in [-0.1, -0.05) is 12.1 Å². The van der Waals surface area contributed by atoms with Gasteiger partial charge in [-0.15, -0.1) is 0 Å². The Kier molecular flexibility index (Phi) is 6.53. The number of sulfone groups is 1. The van der Waals surface area contributed by atoms with Gasteiger partial charge in [0.1, 0.15) is 11.8 Å². The number of nitrogens with one attached hydrogen (secondary N) is 1. The average molecular weight is 482 g/mol. The highest BCUT2D eigenvalue weighted by molar-refractivity contribution is 7.90. The Hall–Kier alpha value is -3.51. The summed E-state index contributed by atoms with van der Waals surface area (Å²) in [5.41, 5.74) is 3.60. The number of carbonyl (C=O) groups is 1. The fraction of sp³-hybridized carbons (Fsp3) is 0.360. The first-order valence-electron chi connectivity index (χ1n) is 11.1. The van der Waals surface area contributed by atoms with E-state index in [0.29, 0.717) is 22.9 Å². The van der Waals surface area contributed by atoms with Crippen LogP contribution >= 0.6 is 0 Å². The number of carbonyl (C=O) groups excluding carboxylic acids is 1. The van der Waals surface area contributed by atoms with Gasteiger partial charge < -0.3 is 14.0 Å². The molecule has 8 nitrogen and oxygen atoms in total. The molecule has 1 aliphatic rings. The number of aromatic nitrogens is 1. The quantitative estimate of drug-likeness (QED) is 0.489. The lowest BCUT2D eigenvalue weighted by atomic mass is 10.1. The minimum absolute atomic E-state index is 0.220. The Morgan fingerprint density at radius 3 is 2.50 bits per heavy atom. The number of nitriles is 1. The summed E-state index contributed by atoms with van der Waals surface area (Å²) in [4.78, 5) is 11.9. The zero-order chi connectivity index (χ0) is 24.5. The largest absolute Gasteiger partial charge is 0.478 e. The molecule has 3 aromatic rings. The first-order valence-corrected chi connectivity index (χ1v) is 13.2. The molecule has 1 saturated carbocycles. The van der Waals surface area contributed by atoms with Crippen LogP contribution in [0.4, 0.5) is 10.5 Å². The van der Waals surface area contributed by atoms with Crippen LogP contribution in [0.3, 0.4) is 0 Å². The van der Waals surface area contributed by atoms with Crippen molar-refractivity contribution in [2.24, 2.45) is 5.92 Å². The summed E-state index contributed by atoms with van der Waals surface area (Å²) >= 11 is 0. The summed E-state index contributed by atoms with van der Waals surface area (Å²) in [5, 5.41) is 13.5. The second-order valence-corrected chi connectivity index (χ2v) is 11.0. The molecule has 4 rings (SSSR count). The normalized spacial score (nSPS) is 13.6. The molecule has 0 atom stereocenters. The Balaban J connectivity index is 1.73. The van der Waals surface area contributed by atoms with E-state index in [2.05, 4.69) is 16.0 Å². The van der Waals surface area contributed by atoms with E-state index in [1.54, 1.807) is 44.2 Å². The lowest BCUT2D eigenvalue weighted by Gasteiger charge is -2.13. The monoisotopic (exact) mass is 481 g/mol. The third-order valence-electron chi connectivity index (χ3n) is 5.47. The molecule has 9 heteroatoms. The van der Waals surface area contributed by atoms with Gasteiger partial charge in [0.2, 0.25) is 0 Å². The Morgan fingerprint density at radius 1 is 1.21 bits per heavy atom. The molecule has 178 valence electrons. The summed E-state index contributed by atoms with van der Waals surface area (Å²) in [6, 6.07) is 14.9. The molecular formula is C25H27N3O5S. The predicted molar refractivity (Wildman–Crippen MR) is 130 cm³/mol. The molecule has 1 amide bonds. The molecule has 1 heterocycles. The maximum atomic E-state index is 11.9. The topological polar surface area (TPSA) is 110 Å². The molecule has 0 unspecified atom stereocenters. The van der Waals surface area contributed by atoms with Crippen LogP contribution in [0.1, 0.15) is 32.3 Å². The fourth-order valence-electron chi connectivity index (χ4n) is 3.83. The lowest BCUT2D eigenvalue weighted by Crippen LogP contribution is -2.17. The van der Waals surface area contributed by atoms with Crippen molar-refractivity contribution in [3.63, 3.8) is 0 Å². The molecule has 1 aliphatic carbocycles. The van der Waals surface area contributed by atoms with Crippen LogP contribution in [0.15, 0.2) is 42.5 Å². The number of hydrogen-bond acceptors (Lipinski definition) is 6. The molecule has 2 aromatic carbocycles. The van der Waals surface area contributed by atoms with Crippen LogP contribution < -0.4 is 10.1 Å². The number of ether oxygens (including phenoxy) is 2. The Bertz CT molecular complexity index is 1360. The van der Waals surface area contributed by atoms with E-state index in [-0.39, 0.29) is 6.10 Å². The van der Waals surface area contributed by atoms with Crippen LogP contribution in [0.25, 0.3) is 22.2 Å². The molecular weight excluding hydrogens is 454 g/mol. The summed E-state index contributed by atoms with van der Waals surface area (Å²) < 4.78 is 35.8. The smallest absolute Gasteiger partial charge is 0.411 e. The van der Waals surface area contributed by atoms with Crippen LogP contribution in [-0.2, 0) is 21.1 Å². The predicted octanol–water partition coefficient (Wildman–Crippen LogP) is 4.93. The van der Waals surface area contributed by atoms with Gasteiger partial charge in [-0.3, -0.25) is 5.32 Å². The summed E-state index contributed by atoms with van der Waals surface area (Å²) in [6.45, 7) is 4.31. The van der Waals surface area contributed by atoms with Crippen molar-refractivity contribution in [1.29, 1.82) is 5.26 Å². The molecule has 1 aromatic heterocycles. The number of hydrogen-bond donors (Lipinski definition) is 1. The van der Waals surface area contributed by atoms with Crippen molar-refractivity contribution >= 4 is 32.5 Å². The van der Waals surface area contributed by atoms with Crippen molar-refractivity contribution in [3.05, 3.63) is 48.0 Å². The van der Waals surface area contributed by atoms with Crippen LogP contribution in [-0.4, -0.2) is 37.4 Å². The summed E-state index contributed by atoms with van der Waals surface area (Å²) in [6.07, 6.45) is 2.64. The first-order chi connectivity index (χ1) is 16.1. The van der Waals surface area contributed by atoms with E-state index in [1.165, 1.54) is 0 Å². The SMILES string of the molecule is CC(C)OC(=O)Nc1ccc(-c2c(C#N)c3ccc(OCS(C)(=O)=O)cc3n2CC2CC2)cc1. The molecule has 0 aliphatic heterocycles. The highest BCUT2D eigenvalue weighted by atomic mass is 32.2. The molecule has 0 radical (unpaired) electrons. The number of benzene rings is 2. The maximum absolute atomic E-state index is 11.9. The van der Waals surface area contributed by atoms with E-state index in [9.17, 15) is 18.5 Å². The zero-order valence-electron chi connectivity index (χ0n) is 19.4. The van der Waals surface area contributed by atoms with Crippen LogP contribution in [0.2, 0.25) is 0 Å². The highest BCUT2D eigenvalue weighted by Gasteiger charge is 2.27. The van der Waals surface area contributed by atoms with Crippen molar-refractivity contribution < 1.29 is 22.7 Å². The maximum Gasteiger partial charge on any atom is 0.411 e. The summed E-state index contributed by atoms with van der Waals surface area (Å²) in [5.74, 6) is 0.563. The average Bonchev–Trinajstić information content (AvgIpc) is 3.53. The second kappa shape index (κ2) is 9.39. The van der Waals surface area contributed by atoms with E-state index in [4.69, 9.17) is 9.47 Å². The van der Waals surface area contributed by atoms with Gasteiger partial charge in [-0.25, -0.2) is 13.2 Å². The Labute approximate surface area is 199 Å². The number of rotatable bonds is 8. The van der Waals surface area contributed by atoms with Gasteiger partial charge in [0, 0.05) is 29.9 Å². The van der Waals surface area contributed by atoms with Gasteiger partial charge in [0.15, 0.2) is 15.8 Å². The molecule has 0 saturated heterocycles. The van der Waals surface area contributed by atoms with E-state index in [1.807, 2.05) is 12.1 Å². The van der Waals surface area contributed by atoms with Gasteiger partial charge in [0.05, 0.1) is 22.9 Å². The molecule has 0 spiro atoms. The Morgan fingerprint density at radius 2 is 1.91 bits per heavy atom. The first kappa shape index (κ1) is 23.6. The molecule has 1 N–H and O–H groups in total. The molecule has 0 bridgehead atoms. The van der Waals surface area contributed by atoms with Crippen LogP contribution in [0, 0.1) is 17.2 Å². The van der Waals surface area contributed by atoms with Crippen molar-refractivity contribution in [2.75, 3.05) is 17.5 Å². The van der Waals surface area contributed by atoms with Gasteiger partial charge >= 0.3 is 6.09 Å². The lowest BCUT2D eigenvalue weighted by molar-refractivity contribution is 0.130.